The lowest BCUT2D eigenvalue weighted by Gasteiger charge is -2.15. The zero-order chi connectivity index (χ0) is 16.4. The second kappa shape index (κ2) is 6.28. The van der Waals surface area contributed by atoms with Crippen molar-refractivity contribution in [2.45, 2.75) is 12.3 Å². The molecule has 1 saturated heterocycles. The van der Waals surface area contributed by atoms with E-state index in [9.17, 15) is 4.79 Å². The minimum Gasteiger partial charge on any atom is -0.337 e. The highest BCUT2D eigenvalue weighted by atomic mass is 16.2. The number of amides is 1. The van der Waals surface area contributed by atoms with Crippen molar-refractivity contribution < 1.29 is 4.79 Å². The van der Waals surface area contributed by atoms with Gasteiger partial charge in [-0.15, -0.1) is 0 Å². The van der Waals surface area contributed by atoms with Crippen LogP contribution in [-0.4, -0.2) is 39.1 Å². The number of aromatic nitrogens is 3. The van der Waals surface area contributed by atoms with Gasteiger partial charge in [-0.2, -0.15) is 5.10 Å². The molecule has 3 heterocycles. The summed E-state index contributed by atoms with van der Waals surface area (Å²) in [5.74, 6) is 0.423. The number of pyridine rings is 1. The largest absolute Gasteiger partial charge is 0.337 e. The molecule has 1 aliphatic heterocycles. The molecule has 0 unspecified atom stereocenters. The van der Waals surface area contributed by atoms with E-state index in [0.29, 0.717) is 11.6 Å². The van der Waals surface area contributed by atoms with Gasteiger partial charge in [0.25, 0.3) is 5.91 Å². The summed E-state index contributed by atoms with van der Waals surface area (Å²) in [6.45, 7) is 1.53. The Labute approximate surface area is 140 Å². The normalized spacial score (nSPS) is 17.2. The van der Waals surface area contributed by atoms with Gasteiger partial charge in [-0.25, -0.2) is 0 Å². The number of aromatic amines is 1. The molecule has 1 fully saturated rings. The Morgan fingerprint density at radius 3 is 2.83 bits per heavy atom. The van der Waals surface area contributed by atoms with Crippen molar-refractivity contribution in [3.05, 3.63) is 72.2 Å². The zero-order valence-corrected chi connectivity index (χ0v) is 13.2. The van der Waals surface area contributed by atoms with Gasteiger partial charge in [0.2, 0.25) is 0 Å². The van der Waals surface area contributed by atoms with Crippen LogP contribution in [0.25, 0.3) is 11.3 Å². The number of H-pyrrole nitrogens is 1. The minimum absolute atomic E-state index is 0.0103. The highest BCUT2D eigenvalue weighted by Crippen LogP contribution is 2.28. The van der Waals surface area contributed by atoms with Gasteiger partial charge in [-0.3, -0.25) is 14.9 Å². The third-order valence-electron chi connectivity index (χ3n) is 4.51. The third-order valence-corrected chi connectivity index (χ3v) is 4.51. The van der Waals surface area contributed by atoms with Gasteiger partial charge in [0.15, 0.2) is 0 Å². The van der Waals surface area contributed by atoms with E-state index in [1.54, 1.807) is 18.5 Å². The first-order chi connectivity index (χ1) is 11.8. The van der Waals surface area contributed by atoms with Crippen molar-refractivity contribution in [3.8, 4) is 11.3 Å². The third kappa shape index (κ3) is 2.80. The Balaban J connectivity index is 1.48. The molecule has 4 rings (SSSR count). The van der Waals surface area contributed by atoms with E-state index in [1.807, 2.05) is 23.1 Å². The summed E-state index contributed by atoms with van der Waals surface area (Å²) in [7, 11) is 0. The van der Waals surface area contributed by atoms with Crippen molar-refractivity contribution >= 4 is 5.91 Å². The molecular weight excluding hydrogens is 300 g/mol. The molecule has 1 atom stereocenters. The van der Waals surface area contributed by atoms with Crippen LogP contribution in [0.15, 0.2) is 60.9 Å². The van der Waals surface area contributed by atoms with Gasteiger partial charge >= 0.3 is 0 Å². The first kappa shape index (κ1) is 14.6. The van der Waals surface area contributed by atoms with Crippen LogP contribution < -0.4 is 0 Å². The predicted octanol–water partition coefficient (Wildman–Crippen LogP) is 3.10. The van der Waals surface area contributed by atoms with E-state index in [1.165, 1.54) is 5.56 Å². The second-order valence-corrected chi connectivity index (χ2v) is 6.06. The number of hydrogen-bond acceptors (Lipinski definition) is 3. The highest BCUT2D eigenvalue weighted by molar-refractivity contribution is 5.93. The average Bonchev–Trinajstić information content (AvgIpc) is 3.33. The summed E-state index contributed by atoms with van der Waals surface area (Å²) < 4.78 is 0. The molecule has 3 aromatic rings. The summed E-state index contributed by atoms with van der Waals surface area (Å²) in [5.41, 5.74) is 3.47. The molecule has 1 aromatic carbocycles. The van der Waals surface area contributed by atoms with Crippen LogP contribution in [0.1, 0.15) is 28.4 Å². The number of benzene rings is 1. The maximum Gasteiger partial charge on any atom is 0.271 e. The molecule has 5 heteroatoms. The second-order valence-electron chi connectivity index (χ2n) is 6.06. The fraction of sp³-hybridized carbons (Fsp3) is 0.211. The smallest absolute Gasteiger partial charge is 0.271 e. The Morgan fingerprint density at radius 2 is 2.04 bits per heavy atom. The Morgan fingerprint density at radius 1 is 1.17 bits per heavy atom. The quantitative estimate of drug-likeness (QED) is 0.807. The molecule has 2 aromatic heterocycles. The summed E-state index contributed by atoms with van der Waals surface area (Å²) in [6.07, 6.45) is 4.46. The van der Waals surface area contributed by atoms with E-state index in [-0.39, 0.29) is 5.91 Å². The van der Waals surface area contributed by atoms with Crippen LogP contribution in [0.5, 0.6) is 0 Å². The summed E-state index contributed by atoms with van der Waals surface area (Å²) in [4.78, 5) is 18.7. The lowest BCUT2D eigenvalue weighted by atomic mass is 9.99. The van der Waals surface area contributed by atoms with Gasteiger partial charge in [-0.05, 0) is 30.2 Å². The summed E-state index contributed by atoms with van der Waals surface area (Å²) in [5, 5.41) is 7.11. The number of hydrogen-bond donors (Lipinski definition) is 1. The fourth-order valence-electron chi connectivity index (χ4n) is 3.21. The SMILES string of the molecule is O=C(c1cc(-c2cccnc2)n[nH]1)N1CC[C@H](c2ccccc2)C1. The van der Waals surface area contributed by atoms with Gasteiger partial charge < -0.3 is 4.90 Å². The fourth-order valence-corrected chi connectivity index (χ4v) is 3.21. The Hall–Kier alpha value is -2.95. The van der Waals surface area contributed by atoms with Crippen LogP contribution in [0, 0.1) is 0 Å². The van der Waals surface area contributed by atoms with Gasteiger partial charge in [0.05, 0.1) is 5.69 Å². The average molecular weight is 318 g/mol. The molecule has 0 bridgehead atoms. The molecule has 0 radical (unpaired) electrons. The highest BCUT2D eigenvalue weighted by Gasteiger charge is 2.28. The molecule has 0 saturated carbocycles. The number of carbonyl (C=O) groups excluding carboxylic acids is 1. The zero-order valence-electron chi connectivity index (χ0n) is 13.2. The van der Waals surface area contributed by atoms with Crippen LogP contribution in [0.4, 0.5) is 0 Å². The van der Waals surface area contributed by atoms with Crippen molar-refractivity contribution in [1.82, 2.24) is 20.1 Å². The standard InChI is InChI=1S/C19H18N4O/c24-19(18-11-17(21-22-18)15-7-4-9-20-12-15)23-10-8-16(13-23)14-5-2-1-3-6-14/h1-7,9,11-12,16H,8,10,13H2,(H,21,22)/t16-/m0/s1. The molecule has 1 N–H and O–H groups in total. The maximum atomic E-state index is 12.7. The van der Waals surface area contributed by atoms with Gasteiger partial charge in [0, 0.05) is 37.0 Å². The van der Waals surface area contributed by atoms with Gasteiger partial charge in [-0.1, -0.05) is 30.3 Å². The van der Waals surface area contributed by atoms with Crippen LogP contribution in [0.2, 0.25) is 0 Å². The molecular formula is C19H18N4O. The Kier molecular flexibility index (Phi) is 3.83. The van der Waals surface area contributed by atoms with Crippen molar-refractivity contribution in [1.29, 1.82) is 0 Å². The predicted molar refractivity (Wildman–Crippen MR) is 91.5 cm³/mol. The molecule has 5 nitrogen and oxygen atoms in total. The maximum absolute atomic E-state index is 12.7. The van der Waals surface area contributed by atoms with E-state index in [0.717, 1.165) is 30.8 Å². The molecule has 24 heavy (non-hydrogen) atoms. The topological polar surface area (TPSA) is 61.9 Å². The molecule has 1 amide bonds. The first-order valence-electron chi connectivity index (χ1n) is 8.11. The monoisotopic (exact) mass is 318 g/mol. The molecule has 0 aliphatic carbocycles. The molecule has 0 spiro atoms. The number of nitrogens with zero attached hydrogens (tertiary/aromatic N) is 3. The Bertz CT molecular complexity index is 829. The lowest BCUT2D eigenvalue weighted by Crippen LogP contribution is -2.28. The van der Waals surface area contributed by atoms with E-state index < -0.39 is 0 Å². The number of likely N-dealkylation sites (tertiary alicyclic amines) is 1. The van der Waals surface area contributed by atoms with Crippen LogP contribution >= 0.6 is 0 Å². The van der Waals surface area contributed by atoms with Crippen molar-refractivity contribution in [2.24, 2.45) is 0 Å². The van der Waals surface area contributed by atoms with Gasteiger partial charge in [0.1, 0.15) is 5.69 Å². The van der Waals surface area contributed by atoms with E-state index >= 15 is 0 Å². The van der Waals surface area contributed by atoms with E-state index in [4.69, 9.17) is 0 Å². The number of rotatable bonds is 3. The number of carbonyl (C=O) groups is 1. The van der Waals surface area contributed by atoms with Crippen LogP contribution in [-0.2, 0) is 0 Å². The van der Waals surface area contributed by atoms with Crippen LogP contribution in [0.3, 0.4) is 0 Å². The molecule has 120 valence electrons. The minimum atomic E-state index is 0.0103. The summed E-state index contributed by atoms with van der Waals surface area (Å²) in [6, 6.07) is 16.0. The molecule has 1 aliphatic rings. The number of nitrogens with one attached hydrogen (secondary N) is 1. The van der Waals surface area contributed by atoms with Crippen molar-refractivity contribution in [3.63, 3.8) is 0 Å². The van der Waals surface area contributed by atoms with E-state index in [2.05, 4.69) is 39.4 Å². The van der Waals surface area contributed by atoms with Crippen molar-refractivity contribution in [2.75, 3.05) is 13.1 Å². The summed E-state index contributed by atoms with van der Waals surface area (Å²) >= 11 is 0. The first-order valence-corrected chi connectivity index (χ1v) is 8.11. The lowest BCUT2D eigenvalue weighted by molar-refractivity contribution is 0.0785.